The molecular weight excluding hydrogens is 490 g/mol. The molecule has 2 fully saturated rings. The van der Waals surface area contributed by atoms with Crippen molar-refractivity contribution >= 4 is 35.3 Å². The second-order valence-electron chi connectivity index (χ2n) is 10.2. The van der Waals surface area contributed by atoms with E-state index in [1.165, 1.54) is 4.90 Å². The van der Waals surface area contributed by atoms with Crippen LogP contribution in [0.2, 0.25) is 0 Å². The molecule has 3 aromatic rings. The predicted octanol–water partition coefficient (Wildman–Crippen LogP) is 3.75. The van der Waals surface area contributed by atoms with Crippen LogP contribution in [-0.4, -0.2) is 42.1 Å². The summed E-state index contributed by atoms with van der Waals surface area (Å²) in [7, 11) is 0. The van der Waals surface area contributed by atoms with Crippen molar-refractivity contribution in [2.75, 3.05) is 10.6 Å². The summed E-state index contributed by atoms with van der Waals surface area (Å²) in [5.41, 5.74) is 8.87. The number of nitrogen functional groups attached to an aromatic ring is 1. The van der Waals surface area contributed by atoms with Crippen molar-refractivity contribution in [2.45, 2.75) is 56.1 Å². The van der Waals surface area contributed by atoms with Gasteiger partial charge in [0.15, 0.2) is 6.04 Å². The van der Waals surface area contributed by atoms with E-state index in [9.17, 15) is 14.4 Å². The Morgan fingerprint density at radius 2 is 1.56 bits per heavy atom. The van der Waals surface area contributed by atoms with Crippen LogP contribution < -0.4 is 21.3 Å². The first-order chi connectivity index (χ1) is 19.0. The lowest BCUT2D eigenvalue weighted by Crippen LogP contribution is -2.69. The average Bonchev–Trinajstić information content (AvgIpc) is 2.96. The Kier molecular flexibility index (Phi) is 7.72. The molecule has 1 aliphatic carbocycles. The SMILES string of the molecule is N=Cc1cc(N2C(=O)C(C(c3ccccc3)c3ccccc3)NC(=O)C2C(=O)NC2CCCCC2)ccc1N. The number of carbonyl (C=O) groups is 3. The highest BCUT2D eigenvalue weighted by Crippen LogP contribution is 2.34. The molecular formula is C31H33N5O3. The van der Waals surface area contributed by atoms with Gasteiger partial charge in [0.1, 0.15) is 6.04 Å². The van der Waals surface area contributed by atoms with Gasteiger partial charge >= 0.3 is 0 Å². The van der Waals surface area contributed by atoms with Crippen molar-refractivity contribution < 1.29 is 14.4 Å². The first-order valence-corrected chi connectivity index (χ1v) is 13.4. The van der Waals surface area contributed by atoms with Crippen molar-refractivity contribution in [3.05, 3.63) is 95.6 Å². The zero-order valence-electron chi connectivity index (χ0n) is 21.7. The van der Waals surface area contributed by atoms with Gasteiger partial charge in [-0.2, -0.15) is 0 Å². The van der Waals surface area contributed by atoms with Crippen LogP contribution in [0, 0.1) is 5.41 Å². The van der Waals surface area contributed by atoms with Crippen LogP contribution in [0.3, 0.4) is 0 Å². The lowest BCUT2D eigenvalue weighted by molar-refractivity contribution is -0.140. The van der Waals surface area contributed by atoms with Gasteiger partial charge in [-0.15, -0.1) is 0 Å². The van der Waals surface area contributed by atoms with Crippen LogP contribution >= 0.6 is 0 Å². The maximum Gasteiger partial charge on any atom is 0.253 e. The fraction of sp³-hybridized carbons (Fsp3) is 0.290. The number of rotatable bonds is 7. The minimum Gasteiger partial charge on any atom is -0.398 e. The molecule has 0 spiro atoms. The summed E-state index contributed by atoms with van der Waals surface area (Å²) in [5, 5.41) is 13.7. The van der Waals surface area contributed by atoms with E-state index < -0.39 is 35.7 Å². The number of hydrogen-bond donors (Lipinski definition) is 4. The molecule has 5 N–H and O–H groups in total. The normalized spacial score (nSPS) is 20.0. The highest BCUT2D eigenvalue weighted by atomic mass is 16.2. The summed E-state index contributed by atoms with van der Waals surface area (Å²) < 4.78 is 0. The molecule has 0 radical (unpaired) electrons. The smallest absolute Gasteiger partial charge is 0.253 e. The second-order valence-corrected chi connectivity index (χ2v) is 10.2. The van der Waals surface area contributed by atoms with Gasteiger partial charge in [0.05, 0.1) is 0 Å². The van der Waals surface area contributed by atoms with Crippen molar-refractivity contribution in [2.24, 2.45) is 0 Å². The Morgan fingerprint density at radius 3 is 2.15 bits per heavy atom. The Morgan fingerprint density at radius 1 is 0.949 bits per heavy atom. The van der Waals surface area contributed by atoms with E-state index in [1.807, 2.05) is 60.7 Å². The lowest BCUT2D eigenvalue weighted by atomic mass is 9.82. The lowest BCUT2D eigenvalue weighted by Gasteiger charge is -2.41. The zero-order chi connectivity index (χ0) is 27.4. The van der Waals surface area contributed by atoms with Crippen molar-refractivity contribution in [3.63, 3.8) is 0 Å². The molecule has 8 heteroatoms. The molecule has 1 heterocycles. The average molecular weight is 524 g/mol. The first-order valence-electron chi connectivity index (χ1n) is 13.4. The van der Waals surface area contributed by atoms with E-state index in [-0.39, 0.29) is 6.04 Å². The molecule has 200 valence electrons. The van der Waals surface area contributed by atoms with E-state index in [4.69, 9.17) is 11.1 Å². The van der Waals surface area contributed by atoms with Gasteiger partial charge in [-0.1, -0.05) is 79.9 Å². The molecule has 0 aromatic heterocycles. The summed E-state index contributed by atoms with van der Waals surface area (Å²) in [5.74, 6) is -1.94. The summed E-state index contributed by atoms with van der Waals surface area (Å²) >= 11 is 0. The van der Waals surface area contributed by atoms with Gasteiger partial charge in [0.2, 0.25) is 0 Å². The van der Waals surface area contributed by atoms with Crippen molar-refractivity contribution in [3.8, 4) is 0 Å². The van der Waals surface area contributed by atoms with Crippen LogP contribution in [0.4, 0.5) is 11.4 Å². The van der Waals surface area contributed by atoms with Crippen molar-refractivity contribution in [1.29, 1.82) is 5.41 Å². The number of amides is 3. The number of nitrogens with two attached hydrogens (primary N) is 1. The van der Waals surface area contributed by atoms with Gasteiger partial charge in [-0.3, -0.25) is 19.3 Å². The summed E-state index contributed by atoms with van der Waals surface area (Å²) in [4.78, 5) is 43.1. The highest BCUT2D eigenvalue weighted by Gasteiger charge is 2.48. The van der Waals surface area contributed by atoms with Crippen LogP contribution in [0.5, 0.6) is 0 Å². The van der Waals surface area contributed by atoms with E-state index in [2.05, 4.69) is 10.6 Å². The van der Waals surface area contributed by atoms with E-state index >= 15 is 0 Å². The summed E-state index contributed by atoms with van der Waals surface area (Å²) in [6.07, 6.45) is 5.95. The minimum absolute atomic E-state index is 0.0290. The third-order valence-electron chi connectivity index (χ3n) is 7.66. The Bertz CT molecular complexity index is 1320. The van der Waals surface area contributed by atoms with E-state index in [0.29, 0.717) is 16.9 Å². The second kappa shape index (κ2) is 11.5. The monoisotopic (exact) mass is 523 g/mol. The molecule has 2 unspecified atom stereocenters. The van der Waals surface area contributed by atoms with Crippen molar-refractivity contribution in [1.82, 2.24) is 10.6 Å². The number of carbonyl (C=O) groups excluding carboxylic acids is 3. The van der Waals surface area contributed by atoms with E-state index in [1.54, 1.807) is 18.2 Å². The number of piperazine rings is 1. The van der Waals surface area contributed by atoms with Gasteiger partial charge in [0, 0.05) is 35.1 Å². The quantitative estimate of drug-likeness (QED) is 0.214. The maximum atomic E-state index is 14.4. The summed E-state index contributed by atoms with van der Waals surface area (Å²) in [6, 6.07) is 21.5. The molecule has 8 nitrogen and oxygen atoms in total. The molecule has 0 bridgehead atoms. The Labute approximate surface area is 228 Å². The molecule has 2 atom stereocenters. The number of hydrogen-bond acceptors (Lipinski definition) is 5. The maximum absolute atomic E-state index is 14.4. The predicted molar refractivity (Wildman–Crippen MR) is 152 cm³/mol. The third-order valence-corrected chi connectivity index (χ3v) is 7.66. The number of nitrogens with one attached hydrogen (secondary N) is 3. The molecule has 1 aliphatic heterocycles. The van der Waals surface area contributed by atoms with Crippen LogP contribution in [-0.2, 0) is 14.4 Å². The molecule has 5 rings (SSSR count). The Balaban J connectivity index is 1.58. The molecule has 3 amide bonds. The number of anilines is 2. The van der Waals surface area contributed by atoms with Gasteiger partial charge in [-0.25, -0.2) is 0 Å². The fourth-order valence-electron chi connectivity index (χ4n) is 5.69. The van der Waals surface area contributed by atoms with Gasteiger partial charge in [-0.05, 0) is 42.2 Å². The molecule has 1 saturated heterocycles. The third kappa shape index (κ3) is 5.41. The molecule has 1 saturated carbocycles. The van der Waals surface area contributed by atoms with Gasteiger partial charge in [0.25, 0.3) is 17.7 Å². The highest BCUT2D eigenvalue weighted by molar-refractivity contribution is 6.19. The number of benzene rings is 3. The van der Waals surface area contributed by atoms with Crippen LogP contribution in [0.25, 0.3) is 0 Å². The largest absolute Gasteiger partial charge is 0.398 e. The standard InChI is InChI=1S/C31H33N5O3/c32-19-22-18-24(16-17-25(22)33)36-28(29(37)34-23-14-8-3-9-15-23)30(38)35-27(31(36)39)26(20-10-4-1-5-11-20)21-12-6-2-7-13-21/h1-2,4-7,10-13,16-19,23,26-28,32H,3,8-9,14-15,33H2,(H,34,37)(H,35,38). The molecule has 3 aromatic carbocycles. The van der Waals surface area contributed by atoms with E-state index in [0.717, 1.165) is 49.4 Å². The minimum atomic E-state index is -1.38. The molecule has 39 heavy (non-hydrogen) atoms. The fourth-order valence-corrected chi connectivity index (χ4v) is 5.69. The zero-order valence-corrected chi connectivity index (χ0v) is 21.7. The van der Waals surface area contributed by atoms with Crippen LogP contribution in [0.15, 0.2) is 78.9 Å². The van der Waals surface area contributed by atoms with Crippen LogP contribution in [0.1, 0.15) is 54.7 Å². The number of nitrogens with zero attached hydrogens (tertiary/aromatic N) is 1. The van der Waals surface area contributed by atoms with Gasteiger partial charge < -0.3 is 21.8 Å². The topological polar surface area (TPSA) is 128 Å². The first kappa shape index (κ1) is 26.2. The Hall–Kier alpha value is -4.46. The summed E-state index contributed by atoms with van der Waals surface area (Å²) in [6.45, 7) is 0. The molecule has 2 aliphatic rings.